The number of carbonyl (C=O) groups is 1. The highest BCUT2D eigenvalue weighted by molar-refractivity contribution is 9.10. The molecule has 0 bridgehead atoms. The Morgan fingerprint density at radius 1 is 1.50 bits per heavy atom. The number of carboxylic acids is 1. The summed E-state index contributed by atoms with van der Waals surface area (Å²) in [7, 11) is 0. The third-order valence-electron chi connectivity index (χ3n) is 1.22. The van der Waals surface area contributed by atoms with Crippen molar-refractivity contribution >= 4 is 21.9 Å². The summed E-state index contributed by atoms with van der Waals surface area (Å²) in [5.74, 6) is -1.07. The van der Waals surface area contributed by atoms with E-state index in [1.165, 1.54) is 0 Å². The fourth-order valence-electron chi connectivity index (χ4n) is 0.484. The molecule has 0 aromatic heterocycles. The maximum absolute atomic E-state index is 10.2. The van der Waals surface area contributed by atoms with E-state index in [2.05, 4.69) is 15.9 Å². The van der Waals surface area contributed by atoms with Gasteiger partial charge in [-0.3, -0.25) is 4.79 Å². The summed E-state index contributed by atoms with van der Waals surface area (Å²) in [5.41, 5.74) is 0. The third kappa shape index (κ3) is 2.66. The molecular formula is C6H11BrO3. The molecule has 10 heavy (non-hydrogen) atoms. The Morgan fingerprint density at radius 2 is 1.90 bits per heavy atom. The smallest absolute Gasteiger partial charge is 0.319 e. The molecule has 60 valence electrons. The van der Waals surface area contributed by atoms with Gasteiger partial charge in [-0.25, -0.2) is 0 Å². The Bertz CT molecular complexity index is 124. The van der Waals surface area contributed by atoms with Gasteiger partial charge in [0.05, 0.1) is 6.10 Å². The quantitative estimate of drug-likeness (QED) is 0.680. The predicted octanol–water partition coefficient (Wildman–Crippen LogP) is 0.851. The summed E-state index contributed by atoms with van der Waals surface area (Å²) in [5, 5.41) is 17.5. The van der Waals surface area contributed by atoms with E-state index in [1.54, 1.807) is 13.8 Å². The molecule has 0 saturated carbocycles. The van der Waals surface area contributed by atoms with Gasteiger partial charge >= 0.3 is 5.97 Å². The maximum Gasteiger partial charge on any atom is 0.319 e. The van der Waals surface area contributed by atoms with Gasteiger partial charge in [-0.15, -0.1) is 0 Å². The van der Waals surface area contributed by atoms with Crippen LogP contribution in [0.25, 0.3) is 0 Å². The van der Waals surface area contributed by atoms with Crippen molar-refractivity contribution in [3.63, 3.8) is 0 Å². The molecule has 2 N–H and O–H groups in total. The fraction of sp³-hybridized carbons (Fsp3) is 0.833. The minimum Gasteiger partial charge on any atom is -0.480 e. The van der Waals surface area contributed by atoms with Crippen molar-refractivity contribution in [2.45, 2.75) is 24.8 Å². The van der Waals surface area contributed by atoms with Crippen LogP contribution in [0.3, 0.4) is 0 Å². The fourth-order valence-corrected chi connectivity index (χ4v) is 1.09. The van der Waals surface area contributed by atoms with Crippen molar-refractivity contribution in [3.8, 4) is 0 Å². The zero-order valence-electron chi connectivity index (χ0n) is 5.91. The molecule has 0 aromatic carbocycles. The lowest BCUT2D eigenvalue weighted by atomic mass is 10.0. The van der Waals surface area contributed by atoms with E-state index in [1.807, 2.05) is 0 Å². The SMILES string of the molecule is CC(C)[C@H](O)[C@@H](Br)C(=O)O. The maximum atomic E-state index is 10.2. The Morgan fingerprint density at radius 3 is 2.00 bits per heavy atom. The summed E-state index contributed by atoms with van der Waals surface area (Å²) in [6, 6.07) is 0. The molecule has 0 spiro atoms. The topological polar surface area (TPSA) is 57.5 Å². The number of hydrogen-bond acceptors (Lipinski definition) is 2. The van der Waals surface area contributed by atoms with Crippen molar-refractivity contribution in [3.05, 3.63) is 0 Å². The van der Waals surface area contributed by atoms with Crippen LogP contribution in [0.5, 0.6) is 0 Å². The average Bonchev–Trinajstić information content (AvgIpc) is 1.84. The summed E-state index contributed by atoms with van der Waals surface area (Å²) < 4.78 is 0. The zero-order chi connectivity index (χ0) is 8.31. The van der Waals surface area contributed by atoms with Gasteiger partial charge in [0.2, 0.25) is 0 Å². The molecule has 0 aliphatic carbocycles. The molecule has 3 nitrogen and oxygen atoms in total. The van der Waals surface area contributed by atoms with Crippen LogP contribution in [-0.2, 0) is 4.79 Å². The Kier molecular flexibility index (Phi) is 3.89. The predicted molar refractivity (Wildman–Crippen MR) is 41.2 cm³/mol. The van der Waals surface area contributed by atoms with E-state index in [0.29, 0.717) is 0 Å². The van der Waals surface area contributed by atoms with E-state index in [9.17, 15) is 4.79 Å². The molecule has 0 rings (SSSR count). The number of carboxylic acid groups (broad SMARTS) is 1. The van der Waals surface area contributed by atoms with Gasteiger partial charge in [-0.2, -0.15) is 0 Å². The van der Waals surface area contributed by atoms with Gasteiger partial charge in [0, 0.05) is 0 Å². The number of alkyl halides is 1. The lowest BCUT2D eigenvalue weighted by Gasteiger charge is -2.16. The Balaban J connectivity index is 3.94. The first kappa shape index (κ1) is 9.91. The second kappa shape index (κ2) is 3.93. The van der Waals surface area contributed by atoms with Crippen LogP contribution in [0.2, 0.25) is 0 Å². The normalized spacial score (nSPS) is 16.9. The molecular weight excluding hydrogens is 200 g/mol. The average molecular weight is 211 g/mol. The van der Waals surface area contributed by atoms with Gasteiger partial charge in [-0.1, -0.05) is 29.8 Å². The van der Waals surface area contributed by atoms with Gasteiger partial charge in [0.25, 0.3) is 0 Å². The first-order valence-electron chi connectivity index (χ1n) is 3.01. The number of rotatable bonds is 3. The molecule has 0 radical (unpaired) electrons. The van der Waals surface area contributed by atoms with Crippen molar-refractivity contribution in [1.29, 1.82) is 0 Å². The minimum absolute atomic E-state index is 0.0412. The van der Waals surface area contributed by atoms with Crippen LogP contribution in [-0.4, -0.2) is 27.1 Å². The lowest BCUT2D eigenvalue weighted by Crippen LogP contribution is -2.32. The molecule has 0 saturated heterocycles. The second-order valence-corrected chi connectivity index (χ2v) is 3.46. The minimum atomic E-state index is -1.03. The van der Waals surface area contributed by atoms with Crippen LogP contribution in [0.15, 0.2) is 0 Å². The summed E-state index contributed by atoms with van der Waals surface area (Å²) >= 11 is 2.86. The molecule has 4 heteroatoms. The summed E-state index contributed by atoms with van der Waals surface area (Å²) in [6.07, 6.45) is -0.822. The molecule has 0 heterocycles. The van der Waals surface area contributed by atoms with Crippen molar-refractivity contribution < 1.29 is 15.0 Å². The van der Waals surface area contributed by atoms with Crippen LogP contribution >= 0.6 is 15.9 Å². The number of aliphatic hydroxyl groups is 1. The van der Waals surface area contributed by atoms with Crippen LogP contribution in [0.1, 0.15) is 13.8 Å². The Labute approximate surface area is 68.2 Å². The molecule has 0 fully saturated rings. The highest BCUT2D eigenvalue weighted by Gasteiger charge is 2.25. The molecule has 0 amide bonds. The van der Waals surface area contributed by atoms with Gasteiger partial charge in [0.15, 0.2) is 0 Å². The van der Waals surface area contributed by atoms with E-state index in [-0.39, 0.29) is 5.92 Å². The second-order valence-electron chi connectivity index (χ2n) is 2.47. The van der Waals surface area contributed by atoms with Gasteiger partial charge < -0.3 is 10.2 Å². The molecule has 0 aromatic rings. The highest BCUT2D eigenvalue weighted by Crippen LogP contribution is 2.13. The Hall–Kier alpha value is -0.0900. The third-order valence-corrected chi connectivity index (χ3v) is 2.15. The standard InChI is InChI=1S/C6H11BrO3/c1-3(2)5(8)4(7)6(9)10/h3-5,8H,1-2H3,(H,9,10)/t4-,5+/m1/s1. The highest BCUT2D eigenvalue weighted by atomic mass is 79.9. The number of hydrogen-bond donors (Lipinski definition) is 2. The van der Waals surface area contributed by atoms with Crippen LogP contribution in [0, 0.1) is 5.92 Å². The zero-order valence-corrected chi connectivity index (χ0v) is 7.50. The molecule has 2 atom stereocenters. The van der Waals surface area contributed by atoms with E-state index in [0.717, 1.165) is 0 Å². The summed E-state index contributed by atoms with van der Waals surface area (Å²) in [4.78, 5) is 9.38. The first-order chi connectivity index (χ1) is 4.46. The van der Waals surface area contributed by atoms with Crippen molar-refractivity contribution in [2.24, 2.45) is 5.92 Å². The van der Waals surface area contributed by atoms with Crippen molar-refractivity contribution in [2.75, 3.05) is 0 Å². The number of aliphatic carboxylic acids is 1. The number of halogens is 1. The van der Waals surface area contributed by atoms with Gasteiger partial charge in [0.1, 0.15) is 4.83 Å². The van der Waals surface area contributed by atoms with Gasteiger partial charge in [-0.05, 0) is 5.92 Å². The van der Waals surface area contributed by atoms with E-state index < -0.39 is 16.9 Å². The van der Waals surface area contributed by atoms with E-state index in [4.69, 9.17) is 10.2 Å². The van der Waals surface area contributed by atoms with E-state index >= 15 is 0 Å². The monoisotopic (exact) mass is 210 g/mol. The molecule has 0 aliphatic rings. The summed E-state index contributed by atoms with van der Waals surface area (Å²) in [6.45, 7) is 3.53. The molecule has 0 unspecified atom stereocenters. The first-order valence-corrected chi connectivity index (χ1v) is 3.93. The molecule has 0 aliphatic heterocycles. The number of aliphatic hydroxyl groups excluding tert-OH is 1. The largest absolute Gasteiger partial charge is 0.480 e. The van der Waals surface area contributed by atoms with Crippen LogP contribution in [0.4, 0.5) is 0 Å². The van der Waals surface area contributed by atoms with Crippen LogP contribution < -0.4 is 0 Å². The lowest BCUT2D eigenvalue weighted by molar-refractivity contribution is -0.138. The van der Waals surface area contributed by atoms with Crippen molar-refractivity contribution in [1.82, 2.24) is 0 Å².